The molecule has 0 amide bonds. The van der Waals surface area contributed by atoms with Crippen LogP contribution < -0.4 is 0 Å². The molecule has 3 heteroatoms. The Hall–Kier alpha value is -7.10. The highest BCUT2D eigenvalue weighted by molar-refractivity contribution is 6.28. The molecule has 9 aromatic carbocycles. The van der Waals surface area contributed by atoms with Gasteiger partial charge in [0.2, 0.25) is 0 Å². The van der Waals surface area contributed by atoms with E-state index in [1.165, 1.54) is 82.0 Å². The van der Waals surface area contributed by atoms with Gasteiger partial charge in [-0.15, -0.1) is 0 Å². The van der Waals surface area contributed by atoms with E-state index >= 15 is 0 Å². The lowest BCUT2D eigenvalue weighted by Crippen LogP contribution is -1.95. The molecule has 3 heterocycles. The Morgan fingerprint density at radius 2 is 0.962 bits per heavy atom. The maximum atomic E-state index is 6.44. The largest absolute Gasteiger partial charge is 0.456 e. The second-order valence-corrected chi connectivity index (χ2v) is 14.1. The standard InChI is InChI=1S/C50H30N2O/c1-2-12-33-28-36(23-20-31(33)10-1)51-45-25-22-35(30-41(45)49-46(51)26-27-48-50(49)39-16-6-8-19-47(39)53-48)34-21-24-44-40(29-34)38-15-5-7-17-43(38)52(44)42-18-9-13-32-11-3-4-14-37(32)42/h1-30H. The summed E-state index contributed by atoms with van der Waals surface area (Å²) in [4.78, 5) is 0. The van der Waals surface area contributed by atoms with Gasteiger partial charge in [0.25, 0.3) is 0 Å². The molecule has 12 aromatic rings. The molecule has 0 saturated heterocycles. The third-order valence-corrected chi connectivity index (χ3v) is 11.3. The van der Waals surface area contributed by atoms with E-state index in [1.54, 1.807) is 0 Å². The Balaban J connectivity index is 1.13. The van der Waals surface area contributed by atoms with Crippen LogP contribution in [0.3, 0.4) is 0 Å². The lowest BCUT2D eigenvalue weighted by atomic mass is 9.99. The Kier molecular flexibility index (Phi) is 5.77. The van der Waals surface area contributed by atoms with E-state index in [9.17, 15) is 0 Å². The van der Waals surface area contributed by atoms with Gasteiger partial charge in [-0.05, 0) is 94.0 Å². The summed E-state index contributed by atoms with van der Waals surface area (Å²) in [5, 5.41) is 12.2. The fraction of sp³-hybridized carbons (Fsp3) is 0. The van der Waals surface area contributed by atoms with Gasteiger partial charge in [-0.2, -0.15) is 0 Å². The summed E-state index contributed by atoms with van der Waals surface area (Å²) < 4.78 is 11.3. The molecule has 12 rings (SSSR count). The molecule has 0 bridgehead atoms. The molecule has 0 spiro atoms. The van der Waals surface area contributed by atoms with Crippen molar-refractivity contribution in [2.45, 2.75) is 0 Å². The molecule has 0 fully saturated rings. The first-order valence-corrected chi connectivity index (χ1v) is 18.2. The summed E-state index contributed by atoms with van der Waals surface area (Å²) in [5.41, 5.74) is 11.3. The minimum absolute atomic E-state index is 0.907. The van der Waals surface area contributed by atoms with Crippen molar-refractivity contribution in [1.82, 2.24) is 9.13 Å². The number of para-hydroxylation sites is 2. The van der Waals surface area contributed by atoms with Gasteiger partial charge in [0.15, 0.2) is 0 Å². The number of aromatic nitrogens is 2. The molecule has 3 aromatic heterocycles. The molecule has 0 atom stereocenters. The SMILES string of the molecule is c1ccc2cc(-n3c4ccc(-c5ccc6c(c5)c5ccccc5n6-c5cccc6ccccc56)cc4c4c5c(ccc43)oc3ccccc35)ccc2c1. The van der Waals surface area contributed by atoms with Crippen LogP contribution in [0, 0.1) is 0 Å². The molecular weight excluding hydrogens is 645 g/mol. The van der Waals surface area contributed by atoms with Crippen molar-refractivity contribution in [2.75, 3.05) is 0 Å². The van der Waals surface area contributed by atoms with Crippen molar-refractivity contribution in [1.29, 1.82) is 0 Å². The Morgan fingerprint density at radius 1 is 0.321 bits per heavy atom. The maximum absolute atomic E-state index is 6.44. The van der Waals surface area contributed by atoms with E-state index < -0.39 is 0 Å². The quantitative estimate of drug-likeness (QED) is 0.183. The first-order valence-electron chi connectivity index (χ1n) is 18.2. The summed E-state index contributed by atoms with van der Waals surface area (Å²) in [6, 6.07) is 66.1. The number of nitrogens with zero attached hydrogens (tertiary/aromatic N) is 2. The van der Waals surface area contributed by atoms with E-state index in [2.05, 4.69) is 185 Å². The van der Waals surface area contributed by atoms with E-state index in [-0.39, 0.29) is 0 Å². The molecule has 53 heavy (non-hydrogen) atoms. The van der Waals surface area contributed by atoms with Crippen LogP contribution in [0.25, 0.3) is 110 Å². The molecule has 0 N–H and O–H groups in total. The average molecular weight is 675 g/mol. The van der Waals surface area contributed by atoms with Crippen LogP contribution in [-0.4, -0.2) is 9.13 Å². The van der Waals surface area contributed by atoms with Crippen LogP contribution in [0.5, 0.6) is 0 Å². The number of benzene rings is 9. The molecule has 0 radical (unpaired) electrons. The highest BCUT2D eigenvalue weighted by Gasteiger charge is 2.20. The fourth-order valence-corrected chi connectivity index (χ4v) is 8.91. The van der Waals surface area contributed by atoms with E-state index in [1.807, 2.05) is 6.07 Å². The fourth-order valence-electron chi connectivity index (χ4n) is 8.91. The monoisotopic (exact) mass is 674 g/mol. The van der Waals surface area contributed by atoms with Gasteiger partial charge in [0, 0.05) is 43.4 Å². The maximum Gasteiger partial charge on any atom is 0.136 e. The Bertz CT molecular complexity index is 3460. The molecule has 3 nitrogen and oxygen atoms in total. The van der Waals surface area contributed by atoms with Crippen LogP contribution in [0.2, 0.25) is 0 Å². The normalized spacial score (nSPS) is 12.2. The van der Waals surface area contributed by atoms with Gasteiger partial charge in [-0.1, -0.05) is 115 Å². The van der Waals surface area contributed by atoms with Gasteiger partial charge in [-0.3, -0.25) is 0 Å². The third-order valence-electron chi connectivity index (χ3n) is 11.3. The van der Waals surface area contributed by atoms with Crippen LogP contribution in [0.4, 0.5) is 0 Å². The number of hydrogen-bond acceptors (Lipinski definition) is 1. The molecule has 0 aliphatic rings. The van der Waals surface area contributed by atoms with E-state index in [0.29, 0.717) is 0 Å². The number of fused-ring (bicyclic) bond motifs is 12. The van der Waals surface area contributed by atoms with Gasteiger partial charge in [0.05, 0.1) is 27.8 Å². The first kappa shape index (κ1) is 28.6. The van der Waals surface area contributed by atoms with Crippen LogP contribution in [0.15, 0.2) is 186 Å². The van der Waals surface area contributed by atoms with Gasteiger partial charge >= 0.3 is 0 Å². The average Bonchev–Trinajstić information content (AvgIpc) is 3.87. The molecule has 246 valence electrons. The first-order chi connectivity index (χ1) is 26.3. The minimum atomic E-state index is 0.907. The summed E-state index contributed by atoms with van der Waals surface area (Å²) in [6.45, 7) is 0. The van der Waals surface area contributed by atoms with Crippen molar-refractivity contribution in [2.24, 2.45) is 0 Å². The molecule has 0 saturated carbocycles. The minimum Gasteiger partial charge on any atom is -0.456 e. The molecular formula is C50H30N2O. The lowest BCUT2D eigenvalue weighted by Gasteiger charge is -2.12. The topological polar surface area (TPSA) is 23.0 Å². The van der Waals surface area contributed by atoms with Crippen LogP contribution in [0.1, 0.15) is 0 Å². The van der Waals surface area contributed by atoms with E-state index in [4.69, 9.17) is 4.42 Å². The van der Waals surface area contributed by atoms with Gasteiger partial charge < -0.3 is 13.6 Å². The predicted octanol–water partition coefficient (Wildman–Crippen LogP) is 13.8. The Labute approximate surface area is 304 Å². The van der Waals surface area contributed by atoms with Crippen LogP contribution in [-0.2, 0) is 0 Å². The van der Waals surface area contributed by atoms with Crippen molar-refractivity contribution in [3.05, 3.63) is 182 Å². The predicted molar refractivity (Wildman–Crippen MR) is 223 cm³/mol. The number of furan rings is 1. The highest BCUT2D eigenvalue weighted by Crippen LogP contribution is 2.43. The van der Waals surface area contributed by atoms with Gasteiger partial charge in [-0.25, -0.2) is 0 Å². The van der Waals surface area contributed by atoms with Crippen molar-refractivity contribution < 1.29 is 4.42 Å². The van der Waals surface area contributed by atoms with E-state index in [0.717, 1.165) is 27.6 Å². The Morgan fingerprint density at radius 3 is 1.83 bits per heavy atom. The second kappa shape index (κ2) is 10.7. The zero-order valence-corrected chi connectivity index (χ0v) is 28.6. The smallest absolute Gasteiger partial charge is 0.136 e. The van der Waals surface area contributed by atoms with Crippen molar-refractivity contribution >= 4 is 87.1 Å². The number of rotatable bonds is 3. The summed E-state index contributed by atoms with van der Waals surface area (Å²) >= 11 is 0. The highest BCUT2D eigenvalue weighted by atomic mass is 16.3. The summed E-state index contributed by atoms with van der Waals surface area (Å²) in [7, 11) is 0. The second-order valence-electron chi connectivity index (χ2n) is 14.1. The number of hydrogen-bond donors (Lipinski definition) is 0. The molecule has 0 aliphatic heterocycles. The van der Waals surface area contributed by atoms with Gasteiger partial charge in [0.1, 0.15) is 11.2 Å². The zero-order valence-electron chi connectivity index (χ0n) is 28.6. The van der Waals surface area contributed by atoms with Crippen molar-refractivity contribution in [3.8, 4) is 22.5 Å². The zero-order chi connectivity index (χ0) is 34.6. The molecule has 0 aliphatic carbocycles. The summed E-state index contributed by atoms with van der Waals surface area (Å²) in [6.07, 6.45) is 0. The third kappa shape index (κ3) is 4.05. The lowest BCUT2D eigenvalue weighted by molar-refractivity contribution is 0.669. The van der Waals surface area contributed by atoms with Crippen LogP contribution >= 0.6 is 0 Å². The van der Waals surface area contributed by atoms with Crippen molar-refractivity contribution in [3.63, 3.8) is 0 Å². The molecule has 0 unspecified atom stereocenters. The summed E-state index contributed by atoms with van der Waals surface area (Å²) in [5.74, 6) is 0.